The SMILES string of the molecule is CCc1ccccc1NC(=O)COC(=O)c1cc(Cl)ccc1O. The minimum absolute atomic E-state index is 0.0840. The summed E-state index contributed by atoms with van der Waals surface area (Å²) in [6, 6.07) is 11.4. The minimum Gasteiger partial charge on any atom is -0.507 e. The molecule has 0 saturated carbocycles. The van der Waals surface area contributed by atoms with Crippen LogP contribution in [0.3, 0.4) is 0 Å². The van der Waals surface area contributed by atoms with E-state index in [1.807, 2.05) is 25.1 Å². The van der Waals surface area contributed by atoms with Gasteiger partial charge in [0.1, 0.15) is 11.3 Å². The molecule has 23 heavy (non-hydrogen) atoms. The van der Waals surface area contributed by atoms with Crippen LogP contribution >= 0.6 is 11.6 Å². The first-order valence-electron chi connectivity index (χ1n) is 7.04. The Morgan fingerprint density at radius 2 is 1.96 bits per heavy atom. The number of halogens is 1. The summed E-state index contributed by atoms with van der Waals surface area (Å²) in [6.45, 7) is 1.52. The first kappa shape index (κ1) is 16.8. The Kier molecular flexibility index (Phi) is 5.60. The number of hydrogen-bond acceptors (Lipinski definition) is 4. The quantitative estimate of drug-likeness (QED) is 0.822. The number of esters is 1. The van der Waals surface area contributed by atoms with E-state index in [-0.39, 0.29) is 16.3 Å². The molecule has 0 aliphatic carbocycles. The molecule has 0 aliphatic rings. The molecular formula is C17H16ClNO4. The lowest BCUT2D eigenvalue weighted by Gasteiger charge is -2.10. The van der Waals surface area contributed by atoms with E-state index < -0.39 is 18.5 Å². The Morgan fingerprint density at radius 1 is 1.22 bits per heavy atom. The molecule has 0 unspecified atom stereocenters. The molecule has 0 spiro atoms. The standard InChI is InChI=1S/C17H16ClNO4/c1-2-11-5-3-4-6-14(11)19-16(21)10-23-17(22)13-9-12(18)7-8-15(13)20/h3-9,20H,2,10H2,1H3,(H,19,21). The normalized spacial score (nSPS) is 10.2. The van der Waals surface area contributed by atoms with Gasteiger partial charge in [0.25, 0.3) is 5.91 Å². The van der Waals surface area contributed by atoms with Crippen LogP contribution in [0.5, 0.6) is 5.75 Å². The lowest BCUT2D eigenvalue weighted by Crippen LogP contribution is -2.21. The highest BCUT2D eigenvalue weighted by Gasteiger charge is 2.15. The van der Waals surface area contributed by atoms with Gasteiger partial charge in [0.2, 0.25) is 0 Å². The second kappa shape index (κ2) is 7.65. The zero-order valence-corrected chi connectivity index (χ0v) is 13.3. The van der Waals surface area contributed by atoms with Gasteiger partial charge in [-0.3, -0.25) is 4.79 Å². The van der Waals surface area contributed by atoms with E-state index in [2.05, 4.69) is 5.32 Å². The molecule has 0 fully saturated rings. The van der Waals surface area contributed by atoms with E-state index in [1.165, 1.54) is 18.2 Å². The van der Waals surface area contributed by atoms with Gasteiger partial charge >= 0.3 is 5.97 Å². The Balaban J connectivity index is 1.96. The Hall–Kier alpha value is -2.53. The topological polar surface area (TPSA) is 75.6 Å². The van der Waals surface area contributed by atoms with Gasteiger partial charge in [-0.25, -0.2) is 4.79 Å². The molecule has 0 saturated heterocycles. The number of rotatable bonds is 5. The van der Waals surface area contributed by atoms with E-state index in [0.29, 0.717) is 5.69 Å². The summed E-state index contributed by atoms with van der Waals surface area (Å²) in [6.07, 6.45) is 0.770. The Bertz CT molecular complexity index is 730. The summed E-state index contributed by atoms with van der Waals surface area (Å²) in [4.78, 5) is 23.8. The molecule has 120 valence electrons. The van der Waals surface area contributed by atoms with Gasteiger partial charge in [-0.15, -0.1) is 0 Å². The van der Waals surface area contributed by atoms with Crippen molar-refractivity contribution in [1.82, 2.24) is 0 Å². The maximum atomic E-state index is 11.9. The van der Waals surface area contributed by atoms with Crippen LogP contribution in [-0.4, -0.2) is 23.6 Å². The van der Waals surface area contributed by atoms with Gasteiger partial charge < -0.3 is 15.2 Å². The predicted molar refractivity (Wildman–Crippen MR) is 87.8 cm³/mol. The smallest absolute Gasteiger partial charge is 0.342 e. The van der Waals surface area contributed by atoms with Crippen LogP contribution in [0.25, 0.3) is 0 Å². The van der Waals surface area contributed by atoms with Crippen molar-refractivity contribution < 1.29 is 19.4 Å². The fraction of sp³-hybridized carbons (Fsp3) is 0.176. The molecule has 2 aromatic rings. The number of phenols is 1. The number of nitrogens with one attached hydrogen (secondary N) is 1. The van der Waals surface area contributed by atoms with Gasteiger partial charge in [-0.2, -0.15) is 0 Å². The van der Waals surface area contributed by atoms with E-state index in [1.54, 1.807) is 6.07 Å². The molecule has 6 heteroatoms. The van der Waals surface area contributed by atoms with Gasteiger partial charge in [0.15, 0.2) is 6.61 Å². The number of phenolic OH excluding ortho intramolecular Hbond substituents is 1. The summed E-state index contributed by atoms with van der Waals surface area (Å²) in [5.41, 5.74) is 1.58. The van der Waals surface area contributed by atoms with Crippen molar-refractivity contribution >= 4 is 29.2 Å². The average molecular weight is 334 g/mol. The number of aromatic hydroxyl groups is 1. The largest absolute Gasteiger partial charge is 0.507 e. The highest BCUT2D eigenvalue weighted by Crippen LogP contribution is 2.22. The van der Waals surface area contributed by atoms with E-state index in [9.17, 15) is 14.7 Å². The number of benzene rings is 2. The van der Waals surface area contributed by atoms with Crippen LogP contribution in [0, 0.1) is 0 Å². The third-order valence-corrected chi connectivity index (χ3v) is 3.42. The fourth-order valence-corrected chi connectivity index (χ4v) is 2.19. The average Bonchev–Trinajstić information content (AvgIpc) is 2.55. The molecule has 0 aromatic heterocycles. The van der Waals surface area contributed by atoms with Crippen LogP contribution in [0.15, 0.2) is 42.5 Å². The number of amides is 1. The molecule has 0 bridgehead atoms. The monoisotopic (exact) mass is 333 g/mol. The van der Waals surface area contributed by atoms with Crippen LogP contribution in [-0.2, 0) is 16.0 Å². The van der Waals surface area contributed by atoms with Crippen molar-refractivity contribution in [3.05, 3.63) is 58.6 Å². The Morgan fingerprint density at radius 3 is 2.70 bits per heavy atom. The maximum Gasteiger partial charge on any atom is 0.342 e. The maximum absolute atomic E-state index is 11.9. The molecular weight excluding hydrogens is 318 g/mol. The molecule has 0 heterocycles. The number of anilines is 1. The summed E-state index contributed by atoms with van der Waals surface area (Å²) in [5.74, 6) is -1.53. The van der Waals surface area contributed by atoms with E-state index in [4.69, 9.17) is 16.3 Å². The van der Waals surface area contributed by atoms with E-state index in [0.717, 1.165) is 12.0 Å². The molecule has 0 radical (unpaired) electrons. The van der Waals surface area contributed by atoms with Gasteiger partial charge in [0, 0.05) is 10.7 Å². The van der Waals surface area contributed by atoms with Crippen molar-refractivity contribution in [3.63, 3.8) is 0 Å². The first-order chi connectivity index (χ1) is 11.0. The molecule has 2 rings (SSSR count). The molecule has 5 nitrogen and oxygen atoms in total. The van der Waals surface area contributed by atoms with Crippen molar-refractivity contribution in [2.45, 2.75) is 13.3 Å². The van der Waals surface area contributed by atoms with Crippen molar-refractivity contribution in [3.8, 4) is 5.75 Å². The van der Waals surface area contributed by atoms with Crippen LogP contribution in [0.4, 0.5) is 5.69 Å². The fourth-order valence-electron chi connectivity index (χ4n) is 2.02. The molecule has 2 aromatic carbocycles. The number of carbonyl (C=O) groups is 2. The number of carbonyl (C=O) groups excluding carboxylic acids is 2. The van der Waals surface area contributed by atoms with Crippen molar-refractivity contribution in [2.75, 3.05) is 11.9 Å². The van der Waals surface area contributed by atoms with Gasteiger partial charge in [-0.1, -0.05) is 36.7 Å². The number of ether oxygens (including phenoxy) is 1. The molecule has 2 N–H and O–H groups in total. The lowest BCUT2D eigenvalue weighted by molar-refractivity contribution is -0.119. The predicted octanol–water partition coefficient (Wildman–Crippen LogP) is 3.40. The Labute approximate surface area is 138 Å². The summed E-state index contributed by atoms with van der Waals surface area (Å²) in [5, 5.41) is 12.6. The van der Waals surface area contributed by atoms with E-state index >= 15 is 0 Å². The molecule has 0 aliphatic heterocycles. The summed E-state index contributed by atoms with van der Waals surface area (Å²) < 4.78 is 4.90. The highest BCUT2D eigenvalue weighted by molar-refractivity contribution is 6.31. The second-order valence-corrected chi connectivity index (χ2v) is 5.23. The third kappa shape index (κ3) is 4.47. The van der Waals surface area contributed by atoms with Gasteiger partial charge in [0.05, 0.1) is 0 Å². The highest BCUT2D eigenvalue weighted by atomic mass is 35.5. The zero-order valence-electron chi connectivity index (χ0n) is 12.5. The summed E-state index contributed by atoms with van der Waals surface area (Å²) >= 11 is 5.77. The zero-order chi connectivity index (χ0) is 16.8. The molecule has 1 amide bonds. The molecule has 0 atom stereocenters. The van der Waals surface area contributed by atoms with Crippen LogP contribution in [0.2, 0.25) is 5.02 Å². The number of aryl methyl sites for hydroxylation is 1. The van der Waals surface area contributed by atoms with Crippen molar-refractivity contribution in [2.24, 2.45) is 0 Å². The van der Waals surface area contributed by atoms with Crippen molar-refractivity contribution in [1.29, 1.82) is 0 Å². The van der Waals surface area contributed by atoms with Crippen LogP contribution in [0.1, 0.15) is 22.8 Å². The minimum atomic E-state index is -0.816. The number of para-hydroxylation sites is 1. The first-order valence-corrected chi connectivity index (χ1v) is 7.42. The second-order valence-electron chi connectivity index (χ2n) is 4.80. The summed E-state index contributed by atoms with van der Waals surface area (Å²) in [7, 11) is 0. The van der Waals surface area contributed by atoms with Crippen LogP contribution < -0.4 is 5.32 Å². The lowest BCUT2D eigenvalue weighted by atomic mass is 10.1. The number of hydrogen-bond donors (Lipinski definition) is 2. The van der Waals surface area contributed by atoms with Gasteiger partial charge in [-0.05, 0) is 36.2 Å². The third-order valence-electron chi connectivity index (χ3n) is 3.19.